The molecule has 0 spiro atoms. The van der Waals surface area contributed by atoms with Crippen LogP contribution in [0.1, 0.15) is 21.5 Å². The maximum Gasteiger partial charge on any atom is 0.337 e. The molecular weight excluding hydrogens is 320 g/mol. The number of rotatable bonds is 4. The van der Waals surface area contributed by atoms with Crippen LogP contribution in [0.15, 0.2) is 41.1 Å². The van der Waals surface area contributed by atoms with E-state index in [1.54, 1.807) is 18.5 Å². The van der Waals surface area contributed by atoms with Crippen LogP contribution in [0.25, 0.3) is 0 Å². The highest BCUT2D eigenvalue weighted by molar-refractivity contribution is 9.10. The Morgan fingerprint density at radius 3 is 2.85 bits per heavy atom. The molecule has 2 rings (SSSR count). The van der Waals surface area contributed by atoms with Gasteiger partial charge in [0.2, 0.25) is 0 Å². The Balaban J connectivity index is 2.14. The number of anilines is 1. The molecule has 1 aromatic heterocycles. The number of carbonyl (C=O) groups is 1. The smallest absolute Gasteiger partial charge is 0.337 e. The van der Waals surface area contributed by atoms with Crippen LogP contribution in [0.5, 0.6) is 0 Å². The Hall–Kier alpha value is -1.88. The van der Waals surface area contributed by atoms with E-state index in [2.05, 4.69) is 26.2 Å². The molecule has 20 heavy (non-hydrogen) atoms. The fraction of sp³-hybridized carbons (Fsp3) is 0.200. The third kappa shape index (κ3) is 3.57. The molecule has 0 saturated carbocycles. The monoisotopic (exact) mass is 334 g/mol. The van der Waals surface area contributed by atoms with E-state index in [1.807, 2.05) is 25.1 Å². The first-order valence-electron chi connectivity index (χ1n) is 6.12. The fourth-order valence-corrected chi connectivity index (χ4v) is 2.18. The second-order valence-corrected chi connectivity index (χ2v) is 5.29. The van der Waals surface area contributed by atoms with E-state index >= 15 is 0 Å². The average Bonchev–Trinajstić information content (AvgIpc) is 2.45. The molecule has 1 N–H and O–H groups in total. The van der Waals surface area contributed by atoms with Crippen molar-refractivity contribution < 1.29 is 9.53 Å². The summed E-state index contributed by atoms with van der Waals surface area (Å²) in [7, 11) is 1.38. The Morgan fingerprint density at radius 2 is 2.15 bits per heavy atom. The van der Waals surface area contributed by atoms with Crippen molar-refractivity contribution in [3.8, 4) is 0 Å². The van der Waals surface area contributed by atoms with Gasteiger partial charge >= 0.3 is 5.97 Å². The summed E-state index contributed by atoms with van der Waals surface area (Å²) in [6.45, 7) is 2.63. The van der Waals surface area contributed by atoms with Gasteiger partial charge in [0.05, 0.1) is 24.6 Å². The highest BCUT2D eigenvalue weighted by Gasteiger charge is 2.08. The number of esters is 1. The molecule has 0 fully saturated rings. The summed E-state index contributed by atoms with van der Waals surface area (Å²) in [4.78, 5) is 15.6. The van der Waals surface area contributed by atoms with E-state index < -0.39 is 0 Å². The van der Waals surface area contributed by atoms with Gasteiger partial charge in [-0.05, 0) is 52.2 Å². The summed E-state index contributed by atoms with van der Waals surface area (Å²) in [6.07, 6.45) is 3.48. The first-order chi connectivity index (χ1) is 9.60. The number of pyridine rings is 1. The van der Waals surface area contributed by atoms with Crippen LogP contribution in [0, 0.1) is 6.92 Å². The van der Waals surface area contributed by atoms with Crippen LogP contribution >= 0.6 is 15.9 Å². The van der Waals surface area contributed by atoms with Gasteiger partial charge in [-0.1, -0.05) is 6.07 Å². The summed E-state index contributed by atoms with van der Waals surface area (Å²) in [6, 6.07) is 7.49. The Morgan fingerprint density at radius 1 is 1.35 bits per heavy atom. The molecule has 0 unspecified atom stereocenters. The number of nitrogens with one attached hydrogen (secondary N) is 1. The minimum atomic E-state index is -0.324. The van der Waals surface area contributed by atoms with Gasteiger partial charge in [0.25, 0.3) is 0 Å². The van der Waals surface area contributed by atoms with Crippen LogP contribution in [0.3, 0.4) is 0 Å². The molecule has 0 aliphatic heterocycles. The lowest BCUT2D eigenvalue weighted by Gasteiger charge is -2.10. The lowest BCUT2D eigenvalue weighted by Crippen LogP contribution is -2.06. The van der Waals surface area contributed by atoms with Crippen molar-refractivity contribution in [3.05, 3.63) is 57.8 Å². The van der Waals surface area contributed by atoms with E-state index in [0.29, 0.717) is 12.1 Å². The minimum absolute atomic E-state index is 0.324. The minimum Gasteiger partial charge on any atom is -0.465 e. The SMILES string of the molecule is COC(=O)c1ccc(C)c(CNc2cncc(Br)c2)c1. The van der Waals surface area contributed by atoms with E-state index in [0.717, 1.165) is 21.3 Å². The van der Waals surface area contributed by atoms with E-state index in [1.165, 1.54) is 7.11 Å². The quantitative estimate of drug-likeness (QED) is 0.868. The topological polar surface area (TPSA) is 51.2 Å². The summed E-state index contributed by atoms with van der Waals surface area (Å²) in [5, 5.41) is 3.28. The first kappa shape index (κ1) is 14.5. The average molecular weight is 335 g/mol. The molecule has 104 valence electrons. The number of benzene rings is 1. The number of hydrogen-bond donors (Lipinski definition) is 1. The van der Waals surface area contributed by atoms with Gasteiger partial charge in [0.15, 0.2) is 0 Å². The predicted octanol–water partition coefficient (Wildman–Crippen LogP) is 3.55. The van der Waals surface area contributed by atoms with Crippen molar-refractivity contribution in [2.75, 3.05) is 12.4 Å². The van der Waals surface area contributed by atoms with Crippen molar-refractivity contribution >= 4 is 27.6 Å². The largest absolute Gasteiger partial charge is 0.465 e. The van der Waals surface area contributed by atoms with Gasteiger partial charge in [0.1, 0.15) is 0 Å². The molecule has 0 aliphatic carbocycles. The first-order valence-corrected chi connectivity index (χ1v) is 6.91. The number of ether oxygens (including phenoxy) is 1. The van der Waals surface area contributed by atoms with Gasteiger partial charge in [-0.25, -0.2) is 4.79 Å². The van der Waals surface area contributed by atoms with Crippen molar-refractivity contribution in [1.29, 1.82) is 0 Å². The van der Waals surface area contributed by atoms with Crippen molar-refractivity contribution in [1.82, 2.24) is 4.98 Å². The van der Waals surface area contributed by atoms with Crippen LogP contribution in [0.4, 0.5) is 5.69 Å². The zero-order valence-corrected chi connectivity index (χ0v) is 12.9. The van der Waals surface area contributed by atoms with Crippen molar-refractivity contribution in [3.63, 3.8) is 0 Å². The predicted molar refractivity (Wildman–Crippen MR) is 81.8 cm³/mol. The molecule has 4 nitrogen and oxygen atoms in total. The molecule has 0 amide bonds. The lowest BCUT2D eigenvalue weighted by atomic mass is 10.0. The Labute approximate surface area is 126 Å². The van der Waals surface area contributed by atoms with Crippen LogP contribution < -0.4 is 5.32 Å². The van der Waals surface area contributed by atoms with Crippen molar-refractivity contribution in [2.45, 2.75) is 13.5 Å². The molecule has 1 heterocycles. The van der Waals surface area contributed by atoms with Gasteiger partial charge in [-0.3, -0.25) is 4.98 Å². The number of hydrogen-bond acceptors (Lipinski definition) is 4. The number of methoxy groups -OCH3 is 1. The second-order valence-electron chi connectivity index (χ2n) is 4.38. The van der Waals surface area contributed by atoms with Gasteiger partial charge in [0, 0.05) is 17.2 Å². The van der Waals surface area contributed by atoms with Gasteiger partial charge < -0.3 is 10.1 Å². The molecule has 1 aromatic carbocycles. The lowest BCUT2D eigenvalue weighted by molar-refractivity contribution is 0.0600. The summed E-state index contributed by atoms with van der Waals surface area (Å²) in [5.74, 6) is -0.324. The van der Waals surface area contributed by atoms with E-state index in [9.17, 15) is 4.79 Å². The fourth-order valence-electron chi connectivity index (χ4n) is 1.81. The summed E-state index contributed by atoms with van der Waals surface area (Å²) < 4.78 is 5.65. The second kappa shape index (κ2) is 6.52. The zero-order chi connectivity index (χ0) is 14.5. The number of nitrogens with zero attached hydrogens (tertiary/aromatic N) is 1. The summed E-state index contributed by atoms with van der Waals surface area (Å²) >= 11 is 3.38. The number of halogens is 1. The molecule has 5 heteroatoms. The molecule has 0 saturated heterocycles. The highest BCUT2D eigenvalue weighted by Crippen LogP contribution is 2.17. The molecule has 0 bridgehead atoms. The van der Waals surface area contributed by atoms with Crippen LogP contribution in [-0.2, 0) is 11.3 Å². The Bertz CT molecular complexity index is 629. The van der Waals surface area contributed by atoms with Crippen LogP contribution in [-0.4, -0.2) is 18.1 Å². The number of aromatic nitrogens is 1. The number of aryl methyl sites for hydroxylation is 1. The standard InChI is InChI=1S/C15H15BrN2O2/c1-10-3-4-11(15(19)20-2)5-12(10)7-18-14-6-13(16)8-17-9-14/h3-6,8-9,18H,7H2,1-2H3. The zero-order valence-electron chi connectivity index (χ0n) is 11.3. The number of carbonyl (C=O) groups excluding carboxylic acids is 1. The maximum atomic E-state index is 11.5. The Kier molecular flexibility index (Phi) is 4.74. The maximum absolute atomic E-state index is 11.5. The van der Waals surface area contributed by atoms with Crippen molar-refractivity contribution in [2.24, 2.45) is 0 Å². The molecule has 2 aromatic rings. The highest BCUT2D eigenvalue weighted by atomic mass is 79.9. The molecule has 0 radical (unpaired) electrons. The molecular formula is C15H15BrN2O2. The molecule has 0 aliphatic rings. The molecule has 0 atom stereocenters. The third-order valence-corrected chi connectivity index (χ3v) is 3.39. The van der Waals surface area contributed by atoms with E-state index in [-0.39, 0.29) is 5.97 Å². The normalized spacial score (nSPS) is 10.2. The summed E-state index contributed by atoms with van der Waals surface area (Å²) in [5.41, 5.74) is 3.64. The third-order valence-electron chi connectivity index (χ3n) is 2.96. The van der Waals surface area contributed by atoms with Crippen LogP contribution in [0.2, 0.25) is 0 Å². The van der Waals surface area contributed by atoms with Gasteiger partial charge in [-0.2, -0.15) is 0 Å². The van der Waals surface area contributed by atoms with E-state index in [4.69, 9.17) is 4.74 Å². The van der Waals surface area contributed by atoms with Gasteiger partial charge in [-0.15, -0.1) is 0 Å².